The van der Waals surface area contributed by atoms with Crippen molar-refractivity contribution in [1.82, 2.24) is 4.90 Å². The first-order valence-corrected chi connectivity index (χ1v) is 16.2. The first-order chi connectivity index (χ1) is 16.5. The van der Waals surface area contributed by atoms with Gasteiger partial charge < -0.3 is 4.90 Å². The predicted molar refractivity (Wildman–Crippen MR) is 158 cm³/mol. The number of rotatable bonds is 27. The number of hydrogen-bond donors (Lipinski definition) is 0. The van der Waals surface area contributed by atoms with Gasteiger partial charge in [-0.25, -0.2) is 0 Å². The molecule has 0 aliphatic carbocycles. The summed E-state index contributed by atoms with van der Waals surface area (Å²) in [6, 6.07) is 0. The van der Waals surface area contributed by atoms with Crippen LogP contribution in [0, 0.1) is 5.41 Å². The van der Waals surface area contributed by atoms with Gasteiger partial charge in [0.25, 0.3) is 0 Å². The van der Waals surface area contributed by atoms with Crippen molar-refractivity contribution in [2.45, 2.75) is 189 Å². The highest BCUT2D eigenvalue weighted by Crippen LogP contribution is 2.22. The van der Waals surface area contributed by atoms with Crippen LogP contribution in [0.2, 0.25) is 0 Å². The van der Waals surface area contributed by atoms with E-state index in [0.29, 0.717) is 5.41 Å². The lowest BCUT2D eigenvalue weighted by atomic mass is 9.89. The molecule has 34 heavy (non-hydrogen) atoms. The molecule has 0 aliphatic heterocycles. The van der Waals surface area contributed by atoms with Gasteiger partial charge in [0.15, 0.2) is 0 Å². The SMILES string of the molecule is CCCCCCCCCCN(CCCCCCCCCC)CCCCCCCCCC(C)(C)C. The molecule has 1 nitrogen and oxygen atoms in total. The van der Waals surface area contributed by atoms with Gasteiger partial charge >= 0.3 is 0 Å². The van der Waals surface area contributed by atoms with Crippen molar-refractivity contribution >= 4 is 0 Å². The molecule has 0 amide bonds. The van der Waals surface area contributed by atoms with Crippen LogP contribution >= 0.6 is 0 Å². The Labute approximate surface area is 218 Å². The fourth-order valence-electron chi connectivity index (χ4n) is 5.15. The third-order valence-corrected chi connectivity index (χ3v) is 7.56. The van der Waals surface area contributed by atoms with Gasteiger partial charge in [-0.05, 0) is 50.7 Å². The second kappa shape index (κ2) is 26.0. The van der Waals surface area contributed by atoms with E-state index < -0.39 is 0 Å². The normalized spacial score (nSPS) is 12.2. The highest BCUT2D eigenvalue weighted by atomic mass is 15.1. The third kappa shape index (κ3) is 28.2. The van der Waals surface area contributed by atoms with E-state index in [4.69, 9.17) is 0 Å². The molecule has 0 N–H and O–H groups in total. The minimum absolute atomic E-state index is 0.521. The van der Waals surface area contributed by atoms with Crippen LogP contribution in [-0.4, -0.2) is 24.5 Å². The summed E-state index contributed by atoms with van der Waals surface area (Å²) in [7, 11) is 0. The Hall–Kier alpha value is -0.0400. The monoisotopic (exact) mass is 480 g/mol. The van der Waals surface area contributed by atoms with Crippen molar-refractivity contribution in [2.24, 2.45) is 5.41 Å². The molecule has 0 aromatic heterocycles. The third-order valence-electron chi connectivity index (χ3n) is 7.56. The largest absolute Gasteiger partial charge is 0.303 e. The Morgan fingerprint density at radius 3 is 0.912 bits per heavy atom. The molecule has 206 valence electrons. The number of unbranched alkanes of at least 4 members (excludes halogenated alkanes) is 20. The summed E-state index contributed by atoms with van der Waals surface area (Å²) in [5.74, 6) is 0. The van der Waals surface area contributed by atoms with Crippen molar-refractivity contribution in [3.63, 3.8) is 0 Å². The molecule has 0 saturated carbocycles. The topological polar surface area (TPSA) is 3.24 Å². The first kappa shape index (κ1) is 34.0. The Bertz CT molecular complexity index is 349. The molecule has 0 aromatic carbocycles. The molecule has 0 saturated heterocycles. The van der Waals surface area contributed by atoms with Crippen molar-refractivity contribution < 1.29 is 0 Å². The molecule has 0 fully saturated rings. The van der Waals surface area contributed by atoms with Gasteiger partial charge in [-0.1, -0.05) is 163 Å². The van der Waals surface area contributed by atoms with Gasteiger partial charge in [-0.2, -0.15) is 0 Å². The standard InChI is InChI=1S/C33H69N/c1-6-8-10-12-14-18-22-26-30-34(31-27-23-19-15-13-11-9-7-2)32-28-24-20-16-17-21-25-29-33(3,4)5/h6-32H2,1-5H3. The summed E-state index contributed by atoms with van der Waals surface area (Å²) < 4.78 is 0. The van der Waals surface area contributed by atoms with Gasteiger partial charge in [0.1, 0.15) is 0 Å². The Morgan fingerprint density at radius 2 is 0.618 bits per heavy atom. The van der Waals surface area contributed by atoms with Crippen LogP contribution < -0.4 is 0 Å². The van der Waals surface area contributed by atoms with E-state index in [9.17, 15) is 0 Å². The van der Waals surface area contributed by atoms with E-state index in [1.54, 1.807) is 0 Å². The summed E-state index contributed by atoms with van der Waals surface area (Å²) in [4.78, 5) is 2.83. The zero-order valence-corrected chi connectivity index (χ0v) is 25.0. The van der Waals surface area contributed by atoms with Crippen molar-refractivity contribution in [1.29, 1.82) is 0 Å². The van der Waals surface area contributed by atoms with Crippen LogP contribution in [0.15, 0.2) is 0 Å². The molecule has 0 unspecified atom stereocenters. The van der Waals surface area contributed by atoms with E-state index in [1.165, 1.54) is 174 Å². The minimum atomic E-state index is 0.521. The van der Waals surface area contributed by atoms with Crippen molar-refractivity contribution in [3.8, 4) is 0 Å². The maximum atomic E-state index is 2.83. The van der Waals surface area contributed by atoms with Gasteiger partial charge in [-0.3, -0.25) is 0 Å². The number of nitrogens with zero attached hydrogens (tertiary/aromatic N) is 1. The zero-order chi connectivity index (χ0) is 25.2. The van der Waals surface area contributed by atoms with E-state index >= 15 is 0 Å². The quantitative estimate of drug-likeness (QED) is 0.106. The minimum Gasteiger partial charge on any atom is -0.303 e. The Balaban J connectivity index is 3.88. The second-order valence-electron chi connectivity index (χ2n) is 12.6. The number of hydrogen-bond acceptors (Lipinski definition) is 1. The van der Waals surface area contributed by atoms with E-state index in [1.807, 2.05) is 0 Å². The van der Waals surface area contributed by atoms with Crippen LogP contribution in [-0.2, 0) is 0 Å². The highest BCUT2D eigenvalue weighted by molar-refractivity contribution is 4.62. The van der Waals surface area contributed by atoms with Gasteiger partial charge in [0.2, 0.25) is 0 Å². The van der Waals surface area contributed by atoms with Crippen molar-refractivity contribution in [2.75, 3.05) is 19.6 Å². The summed E-state index contributed by atoms with van der Waals surface area (Å²) >= 11 is 0. The Morgan fingerprint density at radius 1 is 0.353 bits per heavy atom. The Kier molecular flexibility index (Phi) is 26.0. The van der Waals surface area contributed by atoms with Crippen LogP contribution in [0.5, 0.6) is 0 Å². The summed E-state index contributed by atoms with van der Waals surface area (Å²) in [6.07, 6.45) is 34.6. The molecule has 0 spiro atoms. The first-order valence-electron chi connectivity index (χ1n) is 16.2. The van der Waals surface area contributed by atoms with Gasteiger partial charge in [0.05, 0.1) is 0 Å². The van der Waals surface area contributed by atoms with E-state index in [0.717, 1.165) is 0 Å². The summed E-state index contributed by atoms with van der Waals surface area (Å²) in [5, 5.41) is 0. The average Bonchev–Trinajstić information content (AvgIpc) is 2.80. The van der Waals surface area contributed by atoms with Crippen molar-refractivity contribution in [3.05, 3.63) is 0 Å². The molecule has 0 atom stereocenters. The molecule has 0 aromatic rings. The molecular formula is C33H69N. The average molecular weight is 480 g/mol. The van der Waals surface area contributed by atoms with Crippen LogP contribution in [0.25, 0.3) is 0 Å². The molecule has 1 heteroatoms. The lowest BCUT2D eigenvalue weighted by Crippen LogP contribution is -2.27. The van der Waals surface area contributed by atoms with E-state index in [-0.39, 0.29) is 0 Å². The van der Waals surface area contributed by atoms with E-state index in [2.05, 4.69) is 39.5 Å². The molecule has 0 radical (unpaired) electrons. The zero-order valence-electron chi connectivity index (χ0n) is 25.0. The molecule has 0 heterocycles. The maximum Gasteiger partial charge on any atom is -0.00187 e. The van der Waals surface area contributed by atoms with Crippen LogP contribution in [0.1, 0.15) is 189 Å². The van der Waals surface area contributed by atoms with Gasteiger partial charge in [0, 0.05) is 0 Å². The maximum absolute atomic E-state index is 2.83. The molecular weight excluding hydrogens is 410 g/mol. The lowest BCUT2D eigenvalue weighted by molar-refractivity contribution is 0.254. The highest BCUT2D eigenvalue weighted by Gasteiger charge is 2.09. The fourth-order valence-corrected chi connectivity index (χ4v) is 5.15. The van der Waals surface area contributed by atoms with Crippen LogP contribution in [0.3, 0.4) is 0 Å². The summed E-state index contributed by atoms with van der Waals surface area (Å²) in [6.45, 7) is 15.8. The summed E-state index contributed by atoms with van der Waals surface area (Å²) in [5.41, 5.74) is 0.521. The predicted octanol–water partition coefficient (Wildman–Crippen LogP) is 11.7. The molecule has 0 aliphatic rings. The second-order valence-corrected chi connectivity index (χ2v) is 12.6. The molecule has 0 bridgehead atoms. The van der Waals surface area contributed by atoms with Crippen LogP contribution in [0.4, 0.5) is 0 Å². The van der Waals surface area contributed by atoms with Gasteiger partial charge in [-0.15, -0.1) is 0 Å². The lowest BCUT2D eigenvalue weighted by Gasteiger charge is -2.22. The smallest absolute Gasteiger partial charge is 0.00187 e. The molecule has 0 rings (SSSR count). The fraction of sp³-hybridized carbons (Fsp3) is 1.00.